The first kappa shape index (κ1) is 15.4. The van der Waals surface area contributed by atoms with Crippen molar-refractivity contribution in [1.29, 1.82) is 0 Å². The van der Waals surface area contributed by atoms with Gasteiger partial charge in [0.25, 0.3) is 0 Å². The highest BCUT2D eigenvalue weighted by Crippen LogP contribution is 2.08. The Hall–Kier alpha value is -0.610. The van der Waals surface area contributed by atoms with E-state index in [9.17, 15) is 9.90 Å². The predicted octanol–water partition coefficient (Wildman–Crippen LogP) is 1.04. The molecular weight excluding hydrogens is 204 g/mol. The maximum atomic E-state index is 11.7. The maximum absolute atomic E-state index is 11.7. The van der Waals surface area contributed by atoms with E-state index in [4.69, 9.17) is 0 Å². The number of carbonyl (C=O) groups excluding carboxylic acids is 1. The number of unbranched alkanes of at least 4 members (excludes halogenated alkanes) is 1. The molecule has 0 aliphatic rings. The van der Waals surface area contributed by atoms with E-state index in [0.717, 1.165) is 25.8 Å². The van der Waals surface area contributed by atoms with E-state index in [1.165, 1.54) is 0 Å². The number of carbonyl (C=O) groups is 1. The van der Waals surface area contributed by atoms with E-state index < -0.39 is 0 Å². The molecule has 2 atom stereocenters. The van der Waals surface area contributed by atoms with Gasteiger partial charge in [0, 0.05) is 12.1 Å². The van der Waals surface area contributed by atoms with Gasteiger partial charge in [0.15, 0.2) is 0 Å². The Labute approximate surface area is 98.8 Å². The molecule has 2 unspecified atom stereocenters. The standard InChI is InChI=1S/C12H26N2O2/c1-5-7-8-13-11(16)10(3)14-12(4,6-2)9-15/h10,14-15H,5-9H2,1-4H3,(H,13,16). The van der Waals surface area contributed by atoms with Crippen molar-refractivity contribution in [3.63, 3.8) is 0 Å². The van der Waals surface area contributed by atoms with Crippen LogP contribution in [0.1, 0.15) is 47.0 Å². The Balaban J connectivity index is 4.03. The summed E-state index contributed by atoms with van der Waals surface area (Å²) in [5.74, 6) is 0.00146. The fourth-order valence-corrected chi connectivity index (χ4v) is 1.39. The van der Waals surface area contributed by atoms with Gasteiger partial charge in [0.2, 0.25) is 5.91 Å². The summed E-state index contributed by atoms with van der Waals surface area (Å²) in [6.07, 6.45) is 2.87. The van der Waals surface area contributed by atoms with E-state index >= 15 is 0 Å². The zero-order valence-corrected chi connectivity index (χ0v) is 11.0. The van der Waals surface area contributed by atoms with E-state index in [0.29, 0.717) is 0 Å². The Kier molecular flexibility index (Phi) is 7.34. The molecule has 0 bridgehead atoms. The van der Waals surface area contributed by atoms with Crippen molar-refractivity contribution in [1.82, 2.24) is 10.6 Å². The molecule has 0 saturated heterocycles. The Morgan fingerprint density at radius 3 is 2.50 bits per heavy atom. The third kappa shape index (κ3) is 5.47. The summed E-state index contributed by atoms with van der Waals surface area (Å²) >= 11 is 0. The van der Waals surface area contributed by atoms with Crippen LogP contribution in [-0.4, -0.2) is 35.7 Å². The number of aliphatic hydroxyl groups is 1. The number of rotatable bonds is 8. The van der Waals surface area contributed by atoms with Gasteiger partial charge in [-0.3, -0.25) is 10.1 Å². The predicted molar refractivity (Wildman–Crippen MR) is 66.3 cm³/mol. The van der Waals surface area contributed by atoms with Crippen LogP contribution in [0.5, 0.6) is 0 Å². The third-order valence-electron chi connectivity index (χ3n) is 2.92. The topological polar surface area (TPSA) is 61.4 Å². The number of nitrogens with one attached hydrogen (secondary N) is 2. The molecule has 0 aromatic carbocycles. The van der Waals surface area contributed by atoms with E-state index in [2.05, 4.69) is 17.6 Å². The lowest BCUT2D eigenvalue weighted by atomic mass is 9.99. The van der Waals surface area contributed by atoms with Crippen molar-refractivity contribution >= 4 is 5.91 Å². The largest absolute Gasteiger partial charge is 0.394 e. The van der Waals surface area contributed by atoms with Gasteiger partial charge in [-0.2, -0.15) is 0 Å². The van der Waals surface area contributed by atoms with Gasteiger partial charge in [-0.05, 0) is 26.7 Å². The molecule has 0 fully saturated rings. The molecule has 0 heterocycles. The smallest absolute Gasteiger partial charge is 0.236 e. The van der Waals surface area contributed by atoms with Crippen molar-refractivity contribution in [2.24, 2.45) is 0 Å². The van der Waals surface area contributed by atoms with Crippen molar-refractivity contribution < 1.29 is 9.90 Å². The third-order valence-corrected chi connectivity index (χ3v) is 2.92. The number of aliphatic hydroxyl groups excluding tert-OH is 1. The average molecular weight is 230 g/mol. The normalized spacial score (nSPS) is 16.6. The lowest BCUT2D eigenvalue weighted by molar-refractivity contribution is -0.123. The Morgan fingerprint density at radius 1 is 1.44 bits per heavy atom. The van der Waals surface area contributed by atoms with Gasteiger partial charge >= 0.3 is 0 Å². The van der Waals surface area contributed by atoms with Gasteiger partial charge in [0.05, 0.1) is 12.6 Å². The van der Waals surface area contributed by atoms with Gasteiger partial charge in [-0.1, -0.05) is 20.3 Å². The summed E-state index contributed by atoms with van der Waals surface area (Å²) in [5, 5.41) is 15.3. The zero-order valence-electron chi connectivity index (χ0n) is 11.0. The van der Waals surface area contributed by atoms with Crippen LogP contribution in [0.4, 0.5) is 0 Å². The SMILES string of the molecule is CCCCNC(=O)C(C)NC(C)(CC)CO. The second-order valence-electron chi connectivity index (χ2n) is 4.58. The number of amides is 1. The van der Waals surface area contributed by atoms with Crippen LogP contribution < -0.4 is 10.6 Å². The summed E-state index contributed by atoms with van der Waals surface area (Å²) in [4.78, 5) is 11.7. The lowest BCUT2D eigenvalue weighted by Gasteiger charge is -2.30. The van der Waals surface area contributed by atoms with Gasteiger partial charge < -0.3 is 10.4 Å². The van der Waals surface area contributed by atoms with Crippen LogP contribution >= 0.6 is 0 Å². The molecule has 3 N–H and O–H groups in total. The molecule has 96 valence electrons. The second kappa shape index (κ2) is 7.63. The summed E-state index contributed by atoms with van der Waals surface area (Å²) in [7, 11) is 0. The summed E-state index contributed by atoms with van der Waals surface area (Å²) in [5.41, 5.74) is -0.373. The molecule has 4 nitrogen and oxygen atoms in total. The van der Waals surface area contributed by atoms with Crippen LogP contribution in [0.15, 0.2) is 0 Å². The Morgan fingerprint density at radius 2 is 2.06 bits per heavy atom. The molecular formula is C12H26N2O2. The number of hydrogen-bond acceptors (Lipinski definition) is 3. The highest BCUT2D eigenvalue weighted by atomic mass is 16.3. The fourth-order valence-electron chi connectivity index (χ4n) is 1.39. The molecule has 4 heteroatoms. The van der Waals surface area contributed by atoms with Crippen molar-refractivity contribution in [2.45, 2.75) is 58.5 Å². The molecule has 0 aromatic heterocycles. The van der Waals surface area contributed by atoms with Gasteiger partial charge in [0.1, 0.15) is 0 Å². The maximum Gasteiger partial charge on any atom is 0.236 e. The van der Waals surface area contributed by atoms with Gasteiger partial charge in [-0.15, -0.1) is 0 Å². The van der Waals surface area contributed by atoms with Crippen LogP contribution in [0.2, 0.25) is 0 Å². The Bertz CT molecular complexity index is 203. The minimum absolute atomic E-state index is 0.00146. The molecule has 0 aromatic rings. The molecule has 0 radical (unpaired) electrons. The molecule has 1 amide bonds. The molecule has 0 aliphatic carbocycles. The van der Waals surface area contributed by atoms with Crippen LogP contribution in [0.3, 0.4) is 0 Å². The summed E-state index contributed by atoms with van der Waals surface area (Å²) < 4.78 is 0. The van der Waals surface area contributed by atoms with Crippen molar-refractivity contribution in [2.75, 3.05) is 13.2 Å². The van der Waals surface area contributed by atoms with E-state index in [1.54, 1.807) is 0 Å². The molecule has 0 saturated carbocycles. The molecule has 0 rings (SSSR count). The zero-order chi connectivity index (χ0) is 12.6. The average Bonchev–Trinajstić information content (AvgIpc) is 2.29. The minimum atomic E-state index is -0.373. The van der Waals surface area contributed by atoms with Crippen molar-refractivity contribution in [3.8, 4) is 0 Å². The first-order chi connectivity index (χ1) is 7.49. The summed E-state index contributed by atoms with van der Waals surface area (Å²) in [6.45, 7) is 8.59. The second-order valence-corrected chi connectivity index (χ2v) is 4.58. The lowest BCUT2D eigenvalue weighted by Crippen LogP contribution is -2.54. The van der Waals surface area contributed by atoms with E-state index in [-0.39, 0.29) is 24.1 Å². The monoisotopic (exact) mass is 230 g/mol. The molecule has 0 spiro atoms. The highest BCUT2D eigenvalue weighted by molar-refractivity contribution is 5.81. The minimum Gasteiger partial charge on any atom is -0.394 e. The first-order valence-electron chi connectivity index (χ1n) is 6.15. The van der Waals surface area contributed by atoms with Crippen LogP contribution in [0.25, 0.3) is 0 Å². The molecule has 16 heavy (non-hydrogen) atoms. The van der Waals surface area contributed by atoms with Crippen LogP contribution in [-0.2, 0) is 4.79 Å². The summed E-state index contributed by atoms with van der Waals surface area (Å²) in [6, 6.07) is -0.269. The molecule has 0 aliphatic heterocycles. The fraction of sp³-hybridized carbons (Fsp3) is 0.917. The number of hydrogen-bond donors (Lipinski definition) is 3. The van der Waals surface area contributed by atoms with Crippen LogP contribution in [0, 0.1) is 0 Å². The highest BCUT2D eigenvalue weighted by Gasteiger charge is 2.25. The van der Waals surface area contributed by atoms with Gasteiger partial charge in [-0.25, -0.2) is 0 Å². The first-order valence-corrected chi connectivity index (χ1v) is 6.15. The van der Waals surface area contributed by atoms with E-state index in [1.807, 2.05) is 20.8 Å². The quantitative estimate of drug-likeness (QED) is 0.546. The van der Waals surface area contributed by atoms with Crippen molar-refractivity contribution in [3.05, 3.63) is 0 Å².